The second-order valence-electron chi connectivity index (χ2n) is 4.38. The Morgan fingerprint density at radius 3 is 2.94 bits per heavy atom. The van der Waals surface area contributed by atoms with Crippen LogP contribution in [0.1, 0.15) is 32.1 Å². The van der Waals surface area contributed by atoms with Crippen LogP contribution in [0.4, 0.5) is 5.69 Å². The Kier molecular flexibility index (Phi) is 4.81. The van der Waals surface area contributed by atoms with Gasteiger partial charge < -0.3 is 5.73 Å². The fourth-order valence-electron chi connectivity index (χ4n) is 2.03. The topological polar surface area (TPSA) is 26.0 Å². The number of hydrogen-bond acceptors (Lipinski definition) is 2. The summed E-state index contributed by atoms with van der Waals surface area (Å²) in [5.41, 5.74) is 6.77. The van der Waals surface area contributed by atoms with E-state index in [1.54, 1.807) is 11.8 Å². The van der Waals surface area contributed by atoms with Crippen LogP contribution in [0.25, 0.3) is 0 Å². The molecule has 0 amide bonds. The van der Waals surface area contributed by atoms with Crippen molar-refractivity contribution in [3.05, 3.63) is 35.4 Å². The average molecular weight is 268 g/mol. The minimum absolute atomic E-state index is 0.512. The van der Waals surface area contributed by atoms with Crippen LogP contribution in [0.2, 0.25) is 5.02 Å². The van der Waals surface area contributed by atoms with E-state index in [-0.39, 0.29) is 0 Å². The third-order valence-electron chi connectivity index (χ3n) is 2.98. The van der Waals surface area contributed by atoms with E-state index in [0.29, 0.717) is 5.25 Å². The number of anilines is 1. The molecule has 1 atom stereocenters. The summed E-state index contributed by atoms with van der Waals surface area (Å²) in [6, 6.07) is 5.73. The van der Waals surface area contributed by atoms with Crippen molar-refractivity contribution >= 4 is 29.1 Å². The van der Waals surface area contributed by atoms with E-state index in [9.17, 15) is 0 Å². The molecule has 1 aromatic carbocycles. The fraction of sp³-hybridized carbons (Fsp3) is 0.429. The molecule has 0 spiro atoms. The molecule has 0 radical (unpaired) electrons. The van der Waals surface area contributed by atoms with Crippen LogP contribution in [-0.2, 0) is 0 Å². The van der Waals surface area contributed by atoms with Crippen molar-refractivity contribution in [2.45, 2.75) is 42.2 Å². The van der Waals surface area contributed by atoms with Crippen LogP contribution < -0.4 is 5.73 Å². The summed E-state index contributed by atoms with van der Waals surface area (Å²) in [6.07, 6.45) is 11.0. The Morgan fingerprint density at radius 2 is 2.12 bits per heavy atom. The zero-order chi connectivity index (χ0) is 12.1. The highest BCUT2D eigenvalue weighted by atomic mass is 35.5. The highest BCUT2D eigenvalue weighted by Gasteiger charge is 2.13. The van der Waals surface area contributed by atoms with Crippen molar-refractivity contribution in [1.29, 1.82) is 0 Å². The maximum atomic E-state index is 6.20. The number of rotatable bonds is 2. The van der Waals surface area contributed by atoms with Gasteiger partial charge in [0.1, 0.15) is 0 Å². The van der Waals surface area contributed by atoms with Gasteiger partial charge in [-0.25, -0.2) is 0 Å². The van der Waals surface area contributed by atoms with Crippen molar-refractivity contribution in [1.82, 2.24) is 0 Å². The van der Waals surface area contributed by atoms with Crippen LogP contribution in [0.5, 0.6) is 0 Å². The van der Waals surface area contributed by atoms with Crippen molar-refractivity contribution < 1.29 is 0 Å². The van der Waals surface area contributed by atoms with Crippen LogP contribution in [0.15, 0.2) is 35.2 Å². The van der Waals surface area contributed by atoms with E-state index in [4.69, 9.17) is 17.3 Å². The molecule has 1 aromatic rings. The van der Waals surface area contributed by atoms with Gasteiger partial charge in [-0.2, -0.15) is 0 Å². The van der Waals surface area contributed by atoms with E-state index in [2.05, 4.69) is 12.2 Å². The number of nitrogen functional groups attached to an aromatic ring is 1. The molecule has 1 unspecified atom stereocenters. The SMILES string of the molecule is Nc1cccc(Cl)c1SC1/C=C/CCCCC1. The highest BCUT2D eigenvalue weighted by molar-refractivity contribution is 8.00. The molecule has 2 rings (SSSR count). The van der Waals surface area contributed by atoms with Gasteiger partial charge in [0, 0.05) is 15.8 Å². The quantitative estimate of drug-likeness (QED) is 0.609. The van der Waals surface area contributed by atoms with Crippen LogP contribution in [0.3, 0.4) is 0 Å². The number of halogens is 1. The lowest BCUT2D eigenvalue weighted by atomic mass is 10.1. The third kappa shape index (κ3) is 3.68. The van der Waals surface area contributed by atoms with Crippen LogP contribution in [0, 0.1) is 0 Å². The van der Waals surface area contributed by atoms with E-state index < -0.39 is 0 Å². The molecule has 1 aliphatic carbocycles. The maximum absolute atomic E-state index is 6.20. The number of benzene rings is 1. The number of nitrogens with two attached hydrogens (primary N) is 1. The summed E-state index contributed by atoms with van der Waals surface area (Å²) >= 11 is 7.99. The first kappa shape index (κ1) is 12.8. The summed E-state index contributed by atoms with van der Waals surface area (Å²) < 4.78 is 0. The molecule has 17 heavy (non-hydrogen) atoms. The van der Waals surface area contributed by atoms with Gasteiger partial charge in [0.25, 0.3) is 0 Å². The van der Waals surface area contributed by atoms with Crippen LogP contribution >= 0.6 is 23.4 Å². The zero-order valence-electron chi connectivity index (χ0n) is 9.86. The summed E-state index contributed by atoms with van der Waals surface area (Å²) in [5.74, 6) is 0. The first-order valence-corrected chi connectivity index (χ1v) is 7.40. The van der Waals surface area contributed by atoms with Gasteiger partial charge in [-0.15, -0.1) is 11.8 Å². The molecule has 1 nitrogen and oxygen atoms in total. The largest absolute Gasteiger partial charge is 0.398 e. The Bertz CT molecular complexity index is 383. The summed E-state index contributed by atoms with van der Waals surface area (Å²) in [6.45, 7) is 0. The molecule has 1 aliphatic rings. The van der Waals surface area contributed by atoms with Gasteiger partial charge in [-0.3, -0.25) is 0 Å². The Labute approximate surface area is 112 Å². The van der Waals surface area contributed by atoms with Crippen molar-refractivity contribution in [3.63, 3.8) is 0 Å². The predicted octanol–water partition coefficient (Wildman–Crippen LogP) is 4.90. The van der Waals surface area contributed by atoms with Gasteiger partial charge in [0.05, 0.1) is 5.02 Å². The van der Waals surface area contributed by atoms with E-state index >= 15 is 0 Å². The number of hydrogen-bond donors (Lipinski definition) is 1. The minimum atomic E-state index is 0.512. The summed E-state index contributed by atoms with van der Waals surface area (Å²) in [4.78, 5) is 1.03. The molecular weight excluding hydrogens is 250 g/mol. The number of allylic oxidation sites excluding steroid dienone is 1. The molecule has 0 fully saturated rings. The molecular formula is C14H18ClNS. The second kappa shape index (κ2) is 6.36. The standard InChI is InChI=1S/C14H18ClNS/c15-12-9-6-10-13(16)14(12)17-11-7-4-2-1-3-5-8-11/h4,6-7,9-11H,1-3,5,8,16H2/b7-4+. The Morgan fingerprint density at radius 1 is 1.24 bits per heavy atom. The molecule has 0 saturated heterocycles. The molecule has 0 saturated carbocycles. The van der Waals surface area contributed by atoms with Crippen molar-refractivity contribution in [2.24, 2.45) is 0 Å². The molecule has 0 aliphatic heterocycles. The summed E-state index contributed by atoms with van der Waals surface area (Å²) in [7, 11) is 0. The first-order chi connectivity index (χ1) is 8.27. The van der Waals surface area contributed by atoms with Crippen LogP contribution in [-0.4, -0.2) is 5.25 Å². The normalized spacial score (nSPS) is 22.8. The second-order valence-corrected chi connectivity index (χ2v) is 6.04. The lowest BCUT2D eigenvalue weighted by molar-refractivity contribution is 0.643. The van der Waals surface area contributed by atoms with Gasteiger partial charge in [-0.05, 0) is 31.4 Å². The third-order valence-corrected chi connectivity index (χ3v) is 4.79. The number of thioether (sulfide) groups is 1. The zero-order valence-corrected chi connectivity index (χ0v) is 11.4. The van der Waals surface area contributed by atoms with Crippen molar-refractivity contribution in [2.75, 3.05) is 5.73 Å². The van der Waals surface area contributed by atoms with Crippen molar-refractivity contribution in [3.8, 4) is 0 Å². The van der Waals surface area contributed by atoms with E-state index in [0.717, 1.165) is 15.6 Å². The average Bonchev–Trinajstić information content (AvgIpc) is 2.26. The fourth-order valence-corrected chi connectivity index (χ4v) is 3.51. The monoisotopic (exact) mass is 267 g/mol. The smallest absolute Gasteiger partial charge is 0.0562 e. The van der Waals surface area contributed by atoms with Gasteiger partial charge in [0.2, 0.25) is 0 Å². The highest BCUT2D eigenvalue weighted by Crippen LogP contribution is 2.37. The minimum Gasteiger partial charge on any atom is -0.398 e. The Hall–Kier alpha value is -0.600. The molecule has 0 aromatic heterocycles. The maximum Gasteiger partial charge on any atom is 0.0562 e. The van der Waals surface area contributed by atoms with E-state index in [1.807, 2.05) is 18.2 Å². The summed E-state index contributed by atoms with van der Waals surface area (Å²) in [5, 5.41) is 1.28. The van der Waals surface area contributed by atoms with E-state index in [1.165, 1.54) is 32.1 Å². The predicted molar refractivity (Wildman–Crippen MR) is 77.7 cm³/mol. The Balaban J connectivity index is 2.10. The molecule has 3 heteroatoms. The lowest BCUT2D eigenvalue weighted by Gasteiger charge is -2.16. The lowest BCUT2D eigenvalue weighted by Crippen LogP contribution is -2.02. The molecule has 0 heterocycles. The molecule has 0 bridgehead atoms. The van der Waals surface area contributed by atoms with Gasteiger partial charge in [0.15, 0.2) is 0 Å². The first-order valence-electron chi connectivity index (χ1n) is 6.14. The van der Waals surface area contributed by atoms with Gasteiger partial charge in [-0.1, -0.05) is 42.7 Å². The molecule has 2 N–H and O–H groups in total. The van der Waals surface area contributed by atoms with Gasteiger partial charge >= 0.3 is 0 Å². The molecule has 92 valence electrons.